The van der Waals surface area contributed by atoms with E-state index in [0.717, 1.165) is 17.7 Å². The minimum absolute atomic E-state index is 0.237. The van der Waals surface area contributed by atoms with E-state index in [-0.39, 0.29) is 6.04 Å². The van der Waals surface area contributed by atoms with Gasteiger partial charge in [-0.05, 0) is 48.0 Å². The third-order valence-corrected chi connectivity index (χ3v) is 3.90. The summed E-state index contributed by atoms with van der Waals surface area (Å²) in [7, 11) is 3.68. The Balaban J connectivity index is 1.99. The summed E-state index contributed by atoms with van der Waals surface area (Å²) >= 11 is 0. The molecule has 1 N–H and O–H groups in total. The first-order valence-electron chi connectivity index (χ1n) is 7.07. The number of hydrogen-bond donors (Lipinski definition) is 1. The molecular weight excluding hydrogens is 262 g/mol. The van der Waals surface area contributed by atoms with E-state index in [1.54, 1.807) is 19.6 Å². The van der Waals surface area contributed by atoms with Gasteiger partial charge in [0.1, 0.15) is 5.75 Å². The van der Waals surface area contributed by atoms with E-state index in [2.05, 4.69) is 35.6 Å². The van der Waals surface area contributed by atoms with Crippen LogP contribution in [-0.2, 0) is 6.42 Å². The van der Waals surface area contributed by atoms with E-state index in [9.17, 15) is 0 Å². The Morgan fingerprint density at radius 1 is 1.19 bits per heavy atom. The van der Waals surface area contributed by atoms with Crippen molar-refractivity contribution in [3.05, 3.63) is 66.1 Å². The number of rotatable bonds is 5. The van der Waals surface area contributed by atoms with Crippen LogP contribution in [0.25, 0.3) is 10.8 Å². The van der Waals surface area contributed by atoms with Crippen LogP contribution in [0.1, 0.15) is 17.2 Å². The molecule has 0 radical (unpaired) electrons. The van der Waals surface area contributed by atoms with Crippen molar-refractivity contribution >= 4 is 10.8 Å². The molecule has 1 aromatic heterocycles. The minimum Gasteiger partial charge on any atom is -0.497 e. The number of furan rings is 1. The molecule has 0 aliphatic heterocycles. The molecule has 3 rings (SSSR count). The van der Waals surface area contributed by atoms with Gasteiger partial charge in [-0.25, -0.2) is 0 Å². The van der Waals surface area contributed by atoms with Crippen molar-refractivity contribution in [2.45, 2.75) is 12.5 Å². The predicted molar refractivity (Wildman–Crippen MR) is 84.7 cm³/mol. The highest BCUT2D eigenvalue weighted by Crippen LogP contribution is 2.27. The van der Waals surface area contributed by atoms with Crippen LogP contribution in [0.15, 0.2) is 59.4 Å². The first-order valence-corrected chi connectivity index (χ1v) is 7.07. The van der Waals surface area contributed by atoms with Gasteiger partial charge in [0, 0.05) is 11.6 Å². The number of methoxy groups -OCH3 is 1. The highest BCUT2D eigenvalue weighted by Gasteiger charge is 2.13. The zero-order chi connectivity index (χ0) is 14.7. The first-order chi connectivity index (χ1) is 10.3. The Labute approximate surface area is 124 Å². The predicted octanol–water partition coefficient (Wildman–Crippen LogP) is 3.94. The molecule has 1 atom stereocenters. The van der Waals surface area contributed by atoms with E-state index in [4.69, 9.17) is 9.15 Å². The van der Waals surface area contributed by atoms with Gasteiger partial charge in [-0.1, -0.05) is 24.3 Å². The van der Waals surface area contributed by atoms with Gasteiger partial charge in [0.15, 0.2) is 0 Å². The van der Waals surface area contributed by atoms with Crippen molar-refractivity contribution in [2.75, 3.05) is 14.2 Å². The highest BCUT2D eigenvalue weighted by atomic mass is 16.5. The maximum Gasteiger partial charge on any atom is 0.119 e. The zero-order valence-electron chi connectivity index (χ0n) is 12.3. The molecule has 108 valence electrons. The van der Waals surface area contributed by atoms with E-state index in [0.29, 0.717) is 0 Å². The second-order valence-corrected chi connectivity index (χ2v) is 5.11. The summed E-state index contributed by atoms with van der Waals surface area (Å²) in [6, 6.07) is 14.9. The molecule has 0 fully saturated rings. The van der Waals surface area contributed by atoms with Crippen molar-refractivity contribution < 1.29 is 9.15 Å². The van der Waals surface area contributed by atoms with Crippen LogP contribution < -0.4 is 10.1 Å². The summed E-state index contributed by atoms with van der Waals surface area (Å²) in [6.07, 6.45) is 4.42. The molecule has 3 heteroatoms. The summed E-state index contributed by atoms with van der Waals surface area (Å²) < 4.78 is 10.5. The van der Waals surface area contributed by atoms with Gasteiger partial charge in [0.2, 0.25) is 0 Å². The van der Waals surface area contributed by atoms with Crippen molar-refractivity contribution in [1.82, 2.24) is 5.32 Å². The van der Waals surface area contributed by atoms with Gasteiger partial charge in [-0.2, -0.15) is 0 Å². The molecule has 0 saturated heterocycles. The van der Waals surface area contributed by atoms with Gasteiger partial charge in [-0.15, -0.1) is 0 Å². The molecule has 3 aromatic rings. The van der Waals surface area contributed by atoms with Crippen LogP contribution in [0.3, 0.4) is 0 Å². The lowest BCUT2D eigenvalue weighted by Gasteiger charge is -2.16. The quantitative estimate of drug-likeness (QED) is 0.769. The molecule has 0 spiro atoms. The van der Waals surface area contributed by atoms with Gasteiger partial charge < -0.3 is 14.5 Å². The number of benzene rings is 2. The lowest BCUT2D eigenvalue weighted by Crippen LogP contribution is -2.18. The van der Waals surface area contributed by atoms with E-state index in [1.807, 2.05) is 19.2 Å². The summed E-state index contributed by atoms with van der Waals surface area (Å²) in [5.41, 5.74) is 2.46. The summed E-state index contributed by atoms with van der Waals surface area (Å²) in [6.45, 7) is 0. The maximum atomic E-state index is 5.35. The Bertz CT molecular complexity index is 719. The molecule has 3 nitrogen and oxygen atoms in total. The lowest BCUT2D eigenvalue weighted by atomic mass is 9.96. The van der Waals surface area contributed by atoms with Crippen molar-refractivity contribution in [3.63, 3.8) is 0 Å². The number of nitrogens with one attached hydrogen (secondary N) is 1. The fourth-order valence-corrected chi connectivity index (χ4v) is 2.70. The van der Waals surface area contributed by atoms with Crippen molar-refractivity contribution in [1.29, 1.82) is 0 Å². The highest BCUT2D eigenvalue weighted by molar-refractivity contribution is 5.87. The SMILES string of the molecule is CNC(Cc1cccc2ccc(OC)cc12)c1ccoc1. The first kappa shape index (κ1) is 13.7. The minimum atomic E-state index is 0.237. The van der Waals surface area contributed by atoms with Gasteiger partial charge in [0.05, 0.1) is 19.6 Å². The second-order valence-electron chi connectivity index (χ2n) is 5.11. The summed E-state index contributed by atoms with van der Waals surface area (Å²) in [5, 5.41) is 5.82. The summed E-state index contributed by atoms with van der Waals surface area (Å²) in [5.74, 6) is 0.888. The van der Waals surface area contributed by atoms with Crippen LogP contribution in [-0.4, -0.2) is 14.2 Å². The Morgan fingerprint density at radius 3 is 2.81 bits per heavy atom. The molecule has 0 aliphatic rings. The number of fused-ring (bicyclic) bond motifs is 1. The molecule has 0 bridgehead atoms. The average molecular weight is 281 g/mol. The number of ether oxygens (including phenoxy) is 1. The average Bonchev–Trinajstić information content (AvgIpc) is 3.06. The third kappa shape index (κ3) is 2.78. The lowest BCUT2D eigenvalue weighted by molar-refractivity contribution is 0.415. The Morgan fingerprint density at radius 2 is 2.10 bits per heavy atom. The van der Waals surface area contributed by atoms with Crippen LogP contribution in [0.5, 0.6) is 5.75 Å². The Kier molecular flexibility index (Phi) is 3.93. The van der Waals surface area contributed by atoms with E-state index in [1.165, 1.54) is 16.3 Å². The maximum absolute atomic E-state index is 5.35. The topological polar surface area (TPSA) is 34.4 Å². The second kappa shape index (κ2) is 6.02. The van der Waals surface area contributed by atoms with Crippen LogP contribution >= 0.6 is 0 Å². The van der Waals surface area contributed by atoms with E-state index < -0.39 is 0 Å². The molecule has 21 heavy (non-hydrogen) atoms. The zero-order valence-corrected chi connectivity index (χ0v) is 12.3. The fourth-order valence-electron chi connectivity index (χ4n) is 2.70. The Hall–Kier alpha value is -2.26. The van der Waals surface area contributed by atoms with Gasteiger partial charge in [-0.3, -0.25) is 0 Å². The number of likely N-dealkylation sites (N-methyl/N-ethyl adjacent to an activating group) is 1. The normalized spacial score (nSPS) is 12.5. The third-order valence-electron chi connectivity index (χ3n) is 3.90. The van der Waals surface area contributed by atoms with Gasteiger partial charge >= 0.3 is 0 Å². The molecular formula is C18H19NO2. The molecule has 0 amide bonds. The molecule has 0 saturated carbocycles. The van der Waals surface area contributed by atoms with Crippen LogP contribution in [0, 0.1) is 0 Å². The van der Waals surface area contributed by atoms with Crippen LogP contribution in [0.2, 0.25) is 0 Å². The molecule has 2 aromatic carbocycles. The molecule has 0 aliphatic carbocycles. The van der Waals surface area contributed by atoms with E-state index >= 15 is 0 Å². The molecule has 1 heterocycles. The largest absolute Gasteiger partial charge is 0.497 e. The van der Waals surface area contributed by atoms with Gasteiger partial charge in [0.25, 0.3) is 0 Å². The van der Waals surface area contributed by atoms with Crippen molar-refractivity contribution in [2.24, 2.45) is 0 Å². The summed E-state index contributed by atoms with van der Waals surface area (Å²) in [4.78, 5) is 0. The van der Waals surface area contributed by atoms with Crippen LogP contribution in [0.4, 0.5) is 0 Å². The standard InChI is InChI=1S/C18H19NO2/c1-19-18(15-8-9-21-12-15)10-14-5-3-4-13-6-7-16(20-2)11-17(13)14/h3-9,11-12,18-19H,10H2,1-2H3. The monoisotopic (exact) mass is 281 g/mol. The number of hydrogen-bond acceptors (Lipinski definition) is 3. The fraction of sp³-hybridized carbons (Fsp3) is 0.222. The smallest absolute Gasteiger partial charge is 0.119 e. The van der Waals surface area contributed by atoms with Crippen molar-refractivity contribution in [3.8, 4) is 5.75 Å². The molecule has 1 unspecified atom stereocenters.